The quantitative estimate of drug-likeness (QED) is 0.714. The Balaban J connectivity index is 2.26. The summed E-state index contributed by atoms with van der Waals surface area (Å²) >= 11 is 0. The minimum absolute atomic E-state index is 0.0658. The van der Waals surface area contributed by atoms with Crippen molar-refractivity contribution in [3.63, 3.8) is 0 Å². The van der Waals surface area contributed by atoms with E-state index in [1.165, 1.54) is 6.07 Å². The normalized spacial score (nSPS) is 11.3. The lowest BCUT2D eigenvalue weighted by Crippen LogP contribution is -2.38. The highest BCUT2D eigenvalue weighted by molar-refractivity contribution is 5.84. The first-order valence-corrected chi connectivity index (χ1v) is 7.73. The molecule has 7 heteroatoms. The van der Waals surface area contributed by atoms with Crippen molar-refractivity contribution in [2.45, 2.75) is 46.3 Å². The smallest absolute Gasteiger partial charge is 0.410 e. The highest BCUT2D eigenvalue weighted by Gasteiger charge is 2.20. The fraction of sp³-hybridized carbons (Fsp3) is 0.625. The second kappa shape index (κ2) is 8.57. The number of aromatic carboxylic acids is 1. The van der Waals surface area contributed by atoms with Gasteiger partial charge in [0.2, 0.25) is 5.76 Å². The van der Waals surface area contributed by atoms with Crippen molar-refractivity contribution < 1.29 is 23.8 Å². The molecule has 0 aliphatic heterocycles. The Hall–Kier alpha value is -2.02. The Labute approximate surface area is 136 Å². The first-order chi connectivity index (χ1) is 10.7. The van der Waals surface area contributed by atoms with Gasteiger partial charge in [0.1, 0.15) is 11.4 Å². The molecule has 0 fully saturated rings. The zero-order valence-corrected chi connectivity index (χ0v) is 14.2. The molecule has 0 unspecified atom stereocenters. The van der Waals surface area contributed by atoms with Gasteiger partial charge >= 0.3 is 12.1 Å². The molecule has 1 rings (SSSR count). The van der Waals surface area contributed by atoms with Gasteiger partial charge in [-0.3, -0.25) is 0 Å². The van der Waals surface area contributed by atoms with Gasteiger partial charge in [0.25, 0.3) is 0 Å². The van der Waals surface area contributed by atoms with Crippen molar-refractivity contribution >= 4 is 12.1 Å². The van der Waals surface area contributed by atoms with Crippen LogP contribution in [0.15, 0.2) is 16.5 Å². The zero-order valence-electron chi connectivity index (χ0n) is 14.2. The SMILES string of the molecule is CCN(CCCNCc1ccc(C(=O)O)o1)C(=O)OC(C)(C)C. The van der Waals surface area contributed by atoms with Crippen LogP contribution in [0.5, 0.6) is 0 Å². The minimum atomic E-state index is -1.08. The maximum Gasteiger partial charge on any atom is 0.410 e. The molecule has 0 spiro atoms. The fourth-order valence-electron chi connectivity index (χ4n) is 1.90. The molecule has 0 saturated carbocycles. The number of amides is 1. The number of carboxylic acids is 1. The Morgan fingerprint density at radius 2 is 2.04 bits per heavy atom. The van der Waals surface area contributed by atoms with Gasteiger partial charge in [-0.05, 0) is 52.8 Å². The lowest BCUT2D eigenvalue weighted by Gasteiger charge is -2.26. The third kappa shape index (κ3) is 7.19. The molecule has 0 atom stereocenters. The van der Waals surface area contributed by atoms with Crippen LogP contribution in [0.3, 0.4) is 0 Å². The molecule has 0 radical (unpaired) electrons. The number of nitrogens with one attached hydrogen (secondary N) is 1. The average Bonchev–Trinajstić information content (AvgIpc) is 2.89. The fourth-order valence-corrected chi connectivity index (χ4v) is 1.90. The van der Waals surface area contributed by atoms with Gasteiger partial charge in [-0.1, -0.05) is 0 Å². The zero-order chi connectivity index (χ0) is 17.5. The number of rotatable bonds is 8. The van der Waals surface area contributed by atoms with E-state index in [-0.39, 0.29) is 11.9 Å². The van der Waals surface area contributed by atoms with Crippen molar-refractivity contribution in [3.8, 4) is 0 Å². The topological polar surface area (TPSA) is 92.0 Å². The molecular weight excluding hydrogens is 300 g/mol. The maximum atomic E-state index is 12.0. The molecule has 1 aromatic heterocycles. The third-order valence-electron chi connectivity index (χ3n) is 2.99. The van der Waals surface area contributed by atoms with E-state index in [0.717, 1.165) is 6.42 Å². The molecular formula is C16H26N2O5. The summed E-state index contributed by atoms with van der Waals surface area (Å²) in [7, 11) is 0. The second-order valence-electron chi connectivity index (χ2n) is 6.16. The highest BCUT2D eigenvalue weighted by Crippen LogP contribution is 2.10. The number of hydrogen-bond acceptors (Lipinski definition) is 5. The molecule has 7 nitrogen and oxygen atoms in total. The summed E-state index contributed by atoms with van der Waals surface area (Å²) in [5, 5.41) is 11.9. The van der Waals surface area contributed by atoms with E-state index in [4.69, 9.17) is 14.3 Å². The molecule has 0 aliphatic carbocycles. The molecule has 130 valence electrons. The van der Waals surface area contributed by atoms with Crippen LogP contribution < -0.4 is 5.32 Å². The van der Waals surface area contributed by atoms with E-state index < -0.39 is 11.6 Å². The van der Waals surface area contributed by atoms with E-state index in [9.17, 15) is 9.59 Å². The summed E-state index contributed by atoms with van der Waals surface area (Å²) < 4.78 is 10.5. The number of ether oxygens (including phenoxy) is 1. The summed E-state index contributed by atoms with van der Waals surface area (Å²) in [6.45, 7) is 9.76. The van der Waals surface area contributed by atoms with Crippen molar-refractivity contribution in [1.29, 1.82) is 0 Å². The van der Waals surface area contributed by atoms with Gasteiger partial charge in [0.15, 0.2) is 0 Å². The van der Waals surface area contributed by atoms with Gasteiger partial charge in [0, 0.05) is 13.1 Å². The monoisotopic (exact) mass is 326 g/mol. The van der Waals surface area contributed by atoms with Crippen LogP contribution in [-0.2, 0) is 11.3 Å². The molecule has 0 saturated heterocycles. The molecule has 23 heavy (non-hydrogen) atoms. The number of hydrogen-bond donors (Lipinski definition) is 2. The highest BCUT2D eigenvalue weighted by atomic mass is 16.6. The first-order valence-electron chi connectivity index (χ1n) is 7.73. The predicted molar refractivity (Wildman–Crippen MR) is 85.5 cm³/mol. The lowest BCUT2D eigenvalue weighted by atomic mass is 10.2. The number of nitrogens with zero attached hydrogens (tertiary/aromatic N) is 1. The van der Waals surface area contributed by atoms with Crippen molar-refractivity contribution in [2.24, 2.45) is 0 Å². The minimum Gasteiger partial charge on any atom is -0.475 e. The van der Waals surface area contributed by atoms with E-state index >= 15 is 0 Å². The molecule has 0 bridgehead atoms. The van der Waals surface area contributed by atoms with Crippen LogP contribution in [0.1, 0.15) is 50.4 Å². The average molecular weight is 326 g/mol. The molecule has 1 heterocycles. The van der Waals surface area contributed by atoms with Crippen LogP contribution in [0.25, 0.3) is 0 Å². The molecule has 0 aromatic carbocycles. The molecule has 0 aliphatic rings. The van der Waals surface area contributed by atoms with Gasteiger partial charge in [-0.25, -0.2) is 9.59 Å². The summed E-state index contributed by atoms with van der Waals surface area (Å²) in [6, 6.07) is 3.07. The predicted octanol–water partition coefficient (Wildman–Crippen LogP) is 2.71. The van der Waals surface area contributed by atoms with Crippen molar-refractivity contribution in [3.05, 3.63) is 23.7 Å². The molecule has 2 N–H and O–H groups in total. The number of carbonyl (C=O) groups excluding carboxylic acids is 1. The molecule has 1 aromatic rings. The van der Waals surface area contributed by atoms with E-state index in [1.54, 1.807) is 11.0 Å². The van der Waals surface area contributed by atoms with Crippen LogP contribution in [0.4, 0.5) is 4.79 Å². The molecule has 1 amide bonds. The van der Waals surface area contributed by atoms with Gasteiger partial charge in [0.05, 0.1) is 6.54 Å². The lowest BCUT2D eigenvalue weighted by molar-refractivity contribution is 0.0258. The first kappa shape index (κ1) is 19.0. The van der Waals surface area contributed by atoms with Gasteiger partial charge in [-0.2, -0.15) is 0 Å². The van der Waals surface area contributed by atoms with Crippen LogP contribution in [-0.4, -0.2) is 47.3 Å². The largest absolute Gasteiger partial charge is 0.475 e. The standard InChI is InChI=1S/C16H26N2O5/c1-5-18(15(21)23-16(2,3)4)10-6-9-17-11-12-7-8-13(22-12)14(19)20/h7-8,17H,5-6,9-11H2,1-4H3,(H,19,20). The third-order valence-corrected chi connectivity index (χ3v) is 2.99. The summed E-state index contributed by atoms with van der Waals surface area (Å²) in [6.07, 6.45) is 0.455. The van der Waals surface area contributed by atoms with Crippen LogP contribution in [0.2, 0.25) is 0 Å². The summed E-state index contributed by atoms with van der Waals surface area (Å²) in [5.41, 5.74) is -0.496. The van der Waals surface area contributed by atoms with Crippen LogP contribution >= 0.6 is 0 Å². The second-order valence-corrected chi connectivity index (χ2v) is 6.16. The van der Waals surface area contributed by atoms with Crippen LogP contribution in [0, 0.1) is 0 Å². The van der Waals surface area contributed by atoms with Crippen molar-refractivity contribution in [2.75, 3.05) is 19.6 Å². The summed E-state index contributed by atoms with van der Waals surface area (Å²) in [5.74, 6) is -0.571. The Morgan fingerprint density at radius 3 is 2.57 bits per heavy atom. The Morgan fingerprint density at radius 1 is 1.35 bits per heavy atom. The van der Waals surface area contributed by atoms with Crippen molar-refractivity contribution in [1.82, 2.24) is 10.2 Å². The van der Waals surface area contributed by atoms with E-state index in [1.807, 2.05) is 27.7 Å². The Bertz CT molecular complexity index is 519. The van der Waals surface area contributed by atoms with Gasteiger partial charge in [-0.15, -0.1) is 0 Å². The van der Waals surface area contributed by atoms with E-state index in [2.05, 4.69) is 5.32 Å². The Kier molecular flexibility index (Phi) is 7.09. The number of carboxylic acid groups (broad SMARTS) is 1. The summed E-state index contributed by atoms with van der Waals surface area (Å²) in [4.78, 5) is 24.3. The number of carbonyl (C=O) groups is 2. The number of furan rings is 1. The van der Waals surface area contributed by atoms with Gasteiger partial charge < -0.3 is 24.5 Å². The van der Waals surface area contributed by atoms with E-state index in [0.29, 0.717) is 31.9 Å². The maximum absolute atomic E-state index is 12.0.